The topological polar surface area (TPSA) is 0 Å². The van der Waals surface area contributed by atoms with Gasteiger partial charge >= 0.3 is 0 Å². The van der Waals surface area contributed by atoms with Crippen molar-refractivity contribution in [3.63, 3.8) is 0 Å². The van der Waals surface area contributed by atoms with Gasteiger partial charge in [-0.25, -0.2) is 0 Å². The molecular formula is C22H31I. The number of rotatable bonds is 5. The Bertz CT molecular complexity index is 569. The number of halogens is 1. The normalized spacial score (nSPS) is 29.2. The maximum Gasteiger partial charge on any atom is -0.000168 e. The first kappa shape index (κ1) is 17.5. The molecule has 3 atom stereocenters. The molecule has 1 fully saturated rings. The molecule has 23 heavy (non-hydrogen) atoms. The fourth-order valence-corrected chi connectivity index (χ4v) is 5.67. The molecule has 1 aromatic carbocycles. The highest BCUT2D eigenvalue weighted by Gasteiger charge is 2.48. The minimum Gasteiger partial charge on any atom is -0.0864 e. The maximum atomic E-state index is 2.55. The molecule has 0 aliphatic heterocycles. The van der Waals surface area contributed by atoms with Gasteiger partial charge in [0.2, 0.25) is 0 Å². The first-order valence-electron chi connectivity index (χ1n) is 9.43. The minimum absolute atomic E-state index is 0.348. The third kappa shape index (κ3) is 3.27. The van der Waals surface area contributed by atoms with Crippen LogP contribution >= 0.6 is 22.6 Å². The molecule has 3 rings (SSSR count). The van der Waals surface area contributed by atoms with Crippen LogP contribution in [-0.2, 0) is 5.41 Å². The molecule has 0 saturated heterocycles. The molecule has 2 aliphatic rings. The van der Waals surface area contributed by atoms with Gasteiger partial charge in [0.15, 0.2) is 0 Å². The summed E-state index contributed by atoms with van der Waals surface area (Å²) in [6, 6.07) is 9.27. The fourth-order valence-electron chi connectivity index (χ4n) is 5.29. The Morgan fingerprint density at radius 2 is 2.04 bits per heavy atom. The Balaban J connectivity index is 1.82. The summed E-state index contributed by atoms with van der Waals surface area (Å²) >= 11 is 2.52. The Labute approximate surface area is 156 Å². The van der Waals surface area contributed by atoms with Crippen LogP contribution in [0.3, 0.4) is 0 Å². The van der Waals surface area contributed by atoms with E-state index in [4.69, 9.17) is 0 Å². The van der Waals surface area contributed by atoms with Crippen LogP contribution in [0.4, 0.5) is 0 Å². The zero-order valence-corrected chi connectivity index (χ0v) is 17.1. The highest BCUT2D eigenvalue weighted by molar-refractivity contribution is 14.1. The van der Waals surface area contributed by atoms with E-state index in [-0.39, 0.29) is 0 Å². The number of allylic oxidation sites excluding steroid dienone is 2. The van der Waals surface area contributed by atoms with Gasteiger partial charge in [-0.2, -0.15) is 0 Å². The third-order valence-corrected chi connectivity index (χ3v) is 7.18. The van der Waals surface area contributed by atoms with Crippen molar-refractivity contribution in [3.05, 3.63) is 47.0 Å². The highest BCUT2D eigenvalue weighted by atomic mass is 127. The molecule has 0 radical (unpaired) electrons. The first-order chi connectivity index (χ1) is 11.1. The summed E-state index contributed by atoms with van der Waals surface area (Å²) in [4.78, 5) is 0. The van der Waals surface area contributed by atoms with Crippen LogP contribution in [0.25, 0.3) is 0 Å². The number of hydrogen-bond acceptors (Lipinski definition) is 0. The molecule has 1 saturated carbocycles. The molecule has 0 N–H and O–H groups in total. The number of benzene rings is 1. The van der Waals surface area contributed by atoms with Crippen molar-refractivity contribution < 1.29 is 0 Å². The Kier molecular flexibility index (Phi) is 5.55. The average molecular weight is 422 g/mol. The molecule has 1 aromatic rings. The summed E-state index contributed by atoms with van der Waals surface area (Å²) in [7, 11) is 0. The average Bonchev–Trinajstić information content (AvgIpc) is 2.80. The van der Waals surface area contributed by atoms with E-state index >= 15 is 0 Å². The van der Waals surface area contributed by atoms with Crippen molar-refractivity contribution >= 4 is 22.6 Å². The highest BCUT2D eigenvalue weighted by Crippen LogP contribution is 2.58. The summed E-state index contributed by atoms with van der Waals surface area (Å²) in [6.07, 6.45) is 10.6. The minimum atomic E-state index is 0.348. The SMILES string of the molecule is CC/C=C(\CCCI)C1CCC2c3ccccc3C(C)(C)C2C1. The van der Waals surface area contributed by atoms with Gasteiger partial charge in [-0.05, 0) is 77.2 Å². The van der Waals surface area contributed by atoms with Crippen LogP contribution in [0.15, 0.2) is 35.9 Å². The Morgan fingerprint density at radius 3 is 2.78 bits per heavy atom. The van der Waals surface area contributed by atoms with Gasteiger partial charge in [-0.15, -0.1) is 0 Å². The van der Waals surface area contributed by atoms with E-state index in [2.05, 4.69) is 73.7 Å². The Hall–Kier alpha value is -0.310. The third-order valence-electron chi connectivity index (χ3n) is 6.42. The number of alkyl halides is 1. The summed E-state index contributed by atoms with van der Waals surface area (Å²) < 4.78 is 1.29. The maximum absolute atomic E-state index is 2.55. The summed E-state index contributed by atoms with van der Waals surface area (Å²) in [5, 5.41) is 0. The van der Waals surface area contributed by atoms with Crippen molar-refractivity contribution in [3.8, 4) is 0 Å². The lowest BCUT2D eigenvalue weighted by Crippen LogP contribution is -2.32. The van der Waals surface area contributed by atoms with E-state index in [0.29, 0.717) is 5.41 Å². The second kappa shape index (κ2) is 7.29. The van der Waals surface area contributed by atoms with Crippen molar-refractivity contribution in [2.45, 2.75) is 70.6 Å². The van der Waals surface area contributed by atoms with Gasteiger partial charge in [-0.3, -0.25) is 0 Å². The van der Waals surface area contributed by atoms with Gasteiger partial charge in [0.1, 0.15) is 0 Å². The molecule has 3 unspecified atom stereocenters. The largest absolute Gasteiger partial charge is 0.0864 e. The van der Waals surface area contributed by atoms with Crippen molar-refractivity contribution in [2.24, 2.45) is 11.8 Å². The van der Waals surface area contributed by atoms with Crippen molar-refractivity contribution in [2.75, 3.05) is 4.43 Å². The Morgan fingerprint density at radius 1 is 1.26 bits per heavy atom. The molecule has 0 nitrogen and oxygen atoms in total. The van der Waals surface area contributed by atoms with Gasteiger partial charge in [0, 0.05) is 0 Å². The van der Waals surface area contributed by atoms with Gasteiger partial charge in [0.25, 0.3) is 0 Å². The lowest BCUT2D eigenvalue weighted by atomic mass is 9.65. The van der Waals surface area contributed by atoms with Crippen LogP contribution in [0.2, 0.25) is 0 Å². The molecule has 0 bridgehead atoms. The van der Waals surface area contributed by atoms with Crippen LogP contribution in [-0.4, -0.2) is 4.43 Å². The lowest BCUT2D eigenvalue weighted by Gasteiger charge is -2.40. The smallest absolute Gasteiger partial charge is 0.000168 e. The van der Waals surface area contributed by atoms with E-state index in [1.165, 1.54) is 43.0 Å². The van der Waals surface area contributed by atoms with E-state index < -0.39 is 0 Å². The number of fused-ring (bicyclic) bond motifs is 3. The second-order valence-corrected chi connectivity index (χ2v) is 9.09. The second-order valence-electron chi connectivity index (χ2n) is 8.01. The van der Waals surface area contributed by atoms with Crippen LogP contribution in [0.1, 0.15) is 76.3 Å². The fraction of sp³-hybridized carbons (Fsp3) is 0.636. The van der Waals surface area contributed by atoms with Gasteiger partial charge in [0.05, 0.1) is 0 Å². The van der Waals surface area contributed by atoms with Crippen molar-refractivity contribution in [1.29, 1.82) is 0 Å². The predicted octanol–water partition coefficient (Wildman–Crippen LogP) is 7.03. The zero-order valence-electron chi connectivity index (χ0n) is 14.9. The van der Waals surface area contributed by atoms with E-state index in [0.717, 1.165) is 17.8 Å². The van der Waals surface area contributed by atoms with Crippen molar-refractivity contribution in [1.82, 2.24) is 0 Å². The van der Waals surface area contributed by atoms with Gasteiger partial charge < -0.3 is 0 Å². The molecular weight excluding hydrogens is 391 g/mol. The molecule has 0 amide bonds. The van der Waals surface area contributed by atoms with E-state index in [9.17, 15) is 0 Å². The van der Waals surface area contributed by atoms with Gasteiger partial charge in [-0.1, -0.05) is 79.3 Å². The number of hydrogen-bond donors (Lipinski definition) is 0. The summed E-state index contributed by atoms with van der Waals surface area (Å²) in [6.45, 7) is 7.28. The molecule has 2 aliphatic carbocycles. The first-order valence-corrected chi connectivity index (χ1v) is 11.0. The predicted molar refractivity (Wildman–Crippen MR) is 110 cm³/mol. The molecule has 0 spiro atoms. The van der Waals surface area contributed by atoms with Crippen LogP contribution in [0, 0.1) is 11.8 Å². The summed E-state index contributed by atoms with van der Waals surface area (Å²) in [5.74, 6) is 2.48. The zero-order chi connectivity index (χ0) is 16.4. The molecule has 1 heteroatoms. The van der Waals surface area contributed by atoms with E-state index in [1.54, 1.807) is 16.7 Å². The summed E-state index contributed by atoms with van der Waals surface area (Å²) in [5.41, 5.74) is 5.41. The lowest BCUT2D eigenvalue weighted by molar-refractivity contribution is 0.194. The standard InChI is InChI=1S/C22H31I/c1-4-8-16(9-7-14-23)17-12-13-19-18-10-5-6-11-20(18)22(2,3)21(19)15-17/h5-6,8,10-11,17,19,21H,4,7,9,12-15H2,1-3H3/b16-8+. The van der Waals surface area contributed by atoms with Crippen LogP contribution in [0.5, 0.6) is 0 Å². The van der Waals surface area contributed by atoms with Crippen LogP contribution < -0.4 is 0 Å². The van der Waals surface area contributed by atoms with E-state index in [1.807, 2.05) is 0 Å². The monoisotopic (exact) mass is 422 g/mol. The quantitative estimate of drug-likeness (QED) is 0.272. The molecule has 0 aromatic heterocycles. The molecule has 126 valence electrons. The molecule has 0 heterocycles.